The Morgan fingerprint density at radius 3 is 1.29 bits per heavy atom. The molecule has 0 saturated carbocycles. The van der Waals surface area contributed by atoms with Gasteiger partial charge in [0.05, 0.1) is 11.6 Å². The minimum atomic E-state index is 0. The van der Waals surface area contributed by atoms with Crippen LogP contribution in [0.2, 0.25) is 0 Å². The quantitative estimate of drug-likeness (QED) is 0.246. The van der Waals surface area contributed by atoms with Crippen molar-refractivity contribution in [2.24, 2.45) is 9.98 Å². The van der Waals surface area contributed by atoms with Crippen molar-refractivity contribution in [3.05, 3.63) is 112 Å². The van der Waals surface area contributed by atoms with E-state index in [1.54, 1.807) is 0 Å². The molecule has 0 N–H and O–H groups in total. The van der Waals surface area contributed by atoms with Gasteiger partial charge in [0.25, 0.3) is 0 Å². The molecule has 0 fully saturated rings. The van der Waals surface area contributed by atoms with Crippen molar-refractivity contribution in [2.75, 3.05) is 0 Å². The van der Waals surface area contributed by atoms with Crippen LogP contribution < -0.4 is 0 Å². The fourth-order valence-electron chi connectivity index (χ4n) is 4.54. The normalized spacial score (nSPS) is 18.1. The van der Waals surface area contributed by atoms with Gasteiger partial charge >= 0.3 is 0 Å². The fourth-order valence-corrected chi connectivity index (χ4v) is 4.54. The van der Waals surface area contributed by atoms with Crippen LogP contribution in [0, 0.1) is 13.8 Å². The van der Waals surface area contributed by atoms with Gasteiger partial charge in [-0.3, -0.25) is 9.97 Å². The summed E-state index contributed by atoms with van der Waals surface area (Å²) in [5.74, 6) is 2.58. The molecule has 0 atom stereocenters. The second-order valence-electron chi connectivity index (χ2n) is 12.9. The molecule has 0 unspecified atom stereocenters. The summed E-state index contributed by atoms with van der Waals surface area (Å²) in [6, 6.07) is 12.4. The zero-order chi connectivity index (χ0) is 29.6. The first-order chi connectivity index (χ1) is 19.4. The standard InChI is InChI=1S/C28H32N5.C8H12.Ir/c1-17-13-21-22(14-18(17)2)26(32-24-16-20(10-12-30-24)28(6,7)8)33-25(21)31-23-15-19(9-11-29-23)27(3,4)5;1-2-4-6-8-7-5-3-1;/h9-16H,1-8H3;1-2,7-8H,3-6H2;/q-1;;/b;2-1-,8-7-;. The minimum Gasteiger partial charge on any atom is -0.357 e. The molecule has 2 aromatic heterocycles. The Balaban J connectivity index is 0.000000466. The topological polar surface area (TPSA) is 64.6 Å². The van der Waals surface area contributed by atoms with Crippen LogP contribution in [0.4, 0.5) is 11.6 Å². The maximum Gasteiger partial charge on any atom is 0.0840 e. The molecular weight excluding hydrogens is 695 g/mol. The molecule has 1 aliphatic heterocycles. The van der Waals surface area contributed by atoms with Crippen molar-refractivity contribution >= 4 is 23.3 Å². The first-order valence-corrected chi connectivity index (χ1v) is 14.7. The molecule has 3 heterocycles. The average molecular weight is 739 g/mol. The molecule has 6 heteroatoms. The Hall–Kier alpha value is -3.21. The van der Waals surface area contributed by atoms with Crippen LogP contribution in [0.15, 0.2) is 83.1 Å². The van der Waals surface area contributed by atoms with Crippen molar-refractivity contribution < 1.29 is 20.1 Å². The molecule has 1 aliphatic carbocycles. The van der Waals surface area contributed by atoms with E-state index < -0.39 is 0 Å². The molecule has 223 valence electrons. The molecule has 5 rings (SSSR count). The van der Waals surface area contributed by atoms with Gasteiger partial charge in [0, 0.05) is 44.2 Å². The molecule has 42 heavy (non-hydrogen) atoms. The molecule has 0 amide bonds. The number of amidine groups is 2. The average Bonchev–Trinajstić information content (AvgIpc) is 3.19. The largest absolute Gasteiger partial charge is 0.357 e. The van der Waals surface area contributed by atoms with Crippen LogP contribution in [-0.4, -0.2) is 21.6 Å². The van der Waals surface area contributed by atoms with E-state index in [0.29, 0.717) is 23.3 Å². The number of fused-ring (bicyclic) bond motifs is 1. The Labute approximate surface area is 266 Å². The second kappa shape index (κ2) is 14.3. The Morgan fingerprint density at radius 1 is 0.595 bits per heavy atom. The number of benzene rings is 1. The maximum absolute atomic E-state index is 4.83. The molecule has 1 aromatic carbocycles. The molecule has 2 aliphatic rings. The summed E-state index contributed by atoms with van der Waals surface area (Å²) in [5, 5.41) is 4.83. The van der Waals surface area contributed by atoms with Gasteiger partial charge in [-0.25, -0.2) is 0 Å². The van der Waals surface area contributed by atoms with Crippen LogP contribution in [0.25, 0.3) is 5.32 Å². The van der Waals surface area contributed by atoms with E-state index in [1.165, 1.54) is 47.9 Å². The van der Waals surface area contributed by atoms with Gasteiger partial charge in [0.2, 0.25) is 0 Å². The number of aromatic nitrogens is 2. The Bertz CT molecular complexity index is 1380. The third kappa shape index (κ3) is 8.89. The van der Waals surface area contributed by atoms with Crippen LogP contribution in [0.5, 0.6) is 0 Å². The van der Waals surface area contributed by atoms with E-state index in [9.17, 15) is 0 Å². The van der Waals surface area contributed by atoms with E-state index in [-0.39, 0.29) is 30.9 Å². The van der Waals surface area contributed by atoms with Gasteiger partial charge in [-0.15, -0.1) is 0 Å². The molecule has 1 radical (unpaired) electrons. The number of rotatable bonds is 2. The smallest absolute Gasteiger partial charge is 0.0840 e. The van der Waals surface area contributed by atoms with Crippen molar-refractivity contribution in [1.29, 1.82) is 0 Å². The van der Waals surface area contributed by atoms with E-state index in [0.717, 1.165) is 11.1 Å². The van der Waals surface area contributed by atoms with Crippen molar-refractivity contribution in [3.8, 4) is 0 Å². The first kappa shape index (κ1) is 33.3. The monoisotopic (exact) mass is 739 g/mol. The third-order valence-corrected chi connectivity index (χ3v) is 7.32. The van der Waals surface area contributed by atoms with Gasteiger partial charge in [-0.2, -0.15) is 0 Å². The van der Waals surface area contributed by atoms with Gasteiger partial charge in [-0.1, -0.05) is 78.0 Å². The summed E-state index contributed by atoms with van der Waals surface area (Å²) in [7, 11) is 0. The number of aliphatic imine (C=N–C) groups is 2. The summed E-state index contributed by atoms with van der Waals surface area (Å²) < 4.78 is 0. The zero-order valence-corrected chi connectivity index (χ0v) is 28.7. The van der Waals surface area contributed by atoms with E-state index >= 15 is 0 Å². The van der Waals surface area contributed by atoms with Crippen LogP contribution in [0.3, 0.4) is 0 Å². The number of allylic oxidation sites excluding steroid dienone is 4. The van der Waals surface area contributed by atoms with Crippen molar-refractivity contribution in [2.45, 2.75) is 91.9 Å². The van der Waals surface area contributed by atoms with E-state index in [1.807, 2.05) is 36.7 Å². The van der Waals surface area contributed by atoms with Crippen LogP contribution in [0.1, 0.15) is 101 Å². The second-order valence-corrected chi connectivity index (χ2v) is 12.9. The Morgan fingerprint density at radius 2 is 0.952 bits per heavy atom. The number of hydrogen-bond acceptors (Lipinski definition) is 4. The number of nitrogens with zero attached hydrogens (tertiary/aromatic N) is 5. The zero-order valence-electron chi connectivity index (χ0n) is 26.3. The molecular formula is C36H44IrN5-. The van der Waals surface area contributed by atoms with E-state index in [2.05, 4.69) is 102 Å². The number of hydrogen-bond donors (Lipinski definition) is 0. The number of aryl methyl sites for hydroxylation is 2. The predicted molar refractivity (Wildman–Crippen MR) is 174 cm³/mol. The van der Waals surface area contributed by atoms with Crippen molar-refractivity contribution in [3.63, 3.8) is 0 Å². The predicted octanol–water partition coefficient (Wildman–Crippen LogP) is 9.90. The van der Waals surface area contributed by atoms with Gasteiger partial charge < -0.3 is 15.3 Å². The summed E-state index contributed by atoms with van der Waals surface area (Å²) in [5.41, 5.74) is 6.77. The van der Waals surface area contributed by atoms with Crippen LogP contribution in [-0.2, 0) is 30.9 Å². The number of pyridine rings is 2. The molecule has 5 nitrogen and oxygen atoms in total. The summed E-state index contributed by atoms with van der Waals surface area (Å²) in [6.45, 7) is 17.3. The summed E-state index contributed by atoms with van der Waals surface area (Å²) >= 11 is 0. The third-order valence-electron chi connectivity index (χ3n) is 7.32. The van der Waals surface area contributed by atoms with Gasteiger partial charge in [0.15, 0.2) is 0 Å². The molecule has 0 spiro atoms. The van der Waals surface area contributed by atoms with Crippen LogP contribution >= 0.6 is 0 Å². The van der Waals surface area contributed by atoms with Gasteiger partial charge in [0.1, 0.15) is 0 Å². The van der Waals surface area contributed by atoms with Gasteiger partial charge in [-0.05, 0) is 108 Å². The fraction of sp³-hybridized carbons (Fsp3) is 0.389. The molecule has 0 bridgehead atoms. The Kier molecular flexibility index (Phi) is 11.3. The first-order valence-electron chi connectivity index (χ1n) is 14.7. The SMILES string of the molecule is C1=C\CC/C=C\CC/1.Cc1cc2c(cc1C)C(=Nc1cc(C(C)(C)C)ccn1)[N-]C2=Nc1cc(C(C)(C)C)ccn1.[Ir]. The van der Waals surface area contributed by atoms with E-state index in [4.69, 9.17) is 15.3 Å². The van der Waals surface area contributed by atoms with Crippen molar-refractivity contribution in [1.82, 2.24) is 9.97 Å². The molecule has 3 aromatic rings. The summed E-state index contributed by atoms with van der Waals surface area (Å²) in [4.78, 5) is 18.6. The summed E-state index contributed by atoms with van der Waals surface area (Å²) in [6.07, 6.45) is 17.6. The maximum atomic E-state index is 4.83. The molecule has 0 saturated heterocycles. The minimum absolute atomic E-state index is 0.